The van der Waals surface area contributed by atoms with Crippen LogP contribution in [0.25, 0.3) is 0 Å². The Kier molecular flexibility index (Phi) is 4.90. The van der Waals surface area contributed by atoms with Crippen molar-refractivity contribution in [1.29, 1.82) is 0 Å². The van der Waals surface area contributed by atoms with Crippen LogP contribution in [-0.4, -0.2) is 23.4 Å². The van der Waals surface area contributed by atoms with E-state index in [1.54, 1.807) is 52.0 Å². The van der Waals surface area contributed by atoms with Crippen molar-refractivity contribution in [2.45, 2.75) is 58.2 Å². The molecule has 1 aliphatic carbocycles. The van der Waals surface area contributed by atoms with Crippen molar-refractivity contribution >= 4 is 13.4 Å². The van der Waals surface area contributed by atoms with E-state index in [1.165, 1.54) is 0 Å². The fourth-order valence-corrected chi connectivity index (χ4v) is 4.84. The number of fused-ring (bicyclic) bond motifs is 1. The molecular formula is C16H22FO4P. The fraction of sp³-hybridized carbons (Fsp3) is 0.562. The van der Waals surface area contributed by atoms with E-state index in [-0.39, 0.29) is 12.0 Å². The number of hydrogen-bond acceptors (Lipinski definition) is 4. The summed E-state index contributed by atoms with van der Waals surface area (Å²) in [5.74, 6) is -0.806. The van der Waals surface area contributed by atoms with Crippen molar-refractivity contribution in [3.63, 3.8) is 0 Å². The average Bonchev–Trinajstić information content (AvgIpc) is 2.41. The van der Waals surface area contributed by atoms with Gasteiger partial charge in [0.2, 0.25) is 5.78 Å². The standard InChI is InChI=1S/C16H22FO4P/c1-11(2)20-22(19,21-12(3)4)16(17)10-9-13-7-5-6-8-14(13)15(16)18/h5-8,11-12H,9-10H2,1-4H3. The molecule has 1 atom stereocenters. The zero-order chi connectivity index (χ0) is 16.5. The van der Waals surface area contributed by atoms with Gasteiger partial charge in [-0.25, -0.2) is 4.39 Å². The molecule has 0 fully saturated rings. The van der Waals surface area contributed by atoms with E-state index in [1.807, 2.05) is 0 Å². The summed E-state index contributed by atoms with van der Waals surface area (Å²) in [4.78, 5) is 12.6. The number of halogens is 1. The monoisotopic (exact) mass is 328 g/mol. The molecule has 0 aromatic heterocycles. The highest BCUT2D eigenvalue weighted by Gasteiger charge is 2.60. The second-order valence-corrected chi connectivity index (χ2v) is 8.18. The number of ketones is 1. The van der Waals surface area contributed by atoms with Crippen molar-refractivity contribution in [3.05, 3.63) is 35.4 Å². The Labute approximate surface area is 130 Å². The summed E-state index contributed by atoms with van der Waals surface area (Å²) in [7, 11) is -4.25. The van der Waals surface area contributed by atoms with Crippen LogP contribution in [0.3, 0.4) is 0 Å². The Morgan fingerprint density at radius 3 is 2.23 bits per heavy atom. The summed E-state index contributed by atoms with van der Waals surface area (Å²) in [6.07, 6.45) is -0.894. The van der Waals surface area contributed by atoms with E-state index < -0.39 is 31.0 Å². The minimum Gasteiger partial charge on any atom is -0.303 e. The molecule has 0 heterocycles. The molecule has 1 aliphatic rings. The number of benzene rings is 1. The molecule has 1 aromatic rings. The number of rotatable bonds is 5. The number of aryl methyl sites for hydroxylation is 1. The Morgan fingerprint density at radius 2 is 1.68 bits per heavy atom. The van der Waals surface area contributed by atoms with E-state index in [4.69, 9.17) is 9.05 Å². The molecule has 122 valence electrons. The van der Waals surface area contributed by atoms with Crippen LogP contribution >= 0.6 is 7.60 Å². The van der Waals surface area contributed by atoms with E-state index in [2.05, 4.69) is 0 Å². The molecular weight excluding hydrogens is 306 g/mol. The summed E-state index contributed by atoms with van der Waals surface area (Å²) < 4.78 is 39.3. The third-order valence-electron chi connectivity index (χ3n) is 3.47. The summed E-state index contributed by atoms with van der Waals surface area (Å²) in [6, 6.07) is 6.80. The smallest absolute Gasteiger partial charge is 0.303 e. The van der Waals surface area contributed by atoms with Gasteiger partial charge in [-0.1, -0.05) is 24.3 Å². The topological polar surface area (TPSA) is 52.6 Å². The van der Waals surface area contributed by atoms with E-state index in [0.29, 0.717) is 6.42 Å². The molecule has 0 amide bonds. The van der Waals surface area contributed by atoms with E-state index in [9.17, 15) is 9.36 Å². The molecule has 22 heavy (non-hydrogen) atoms. The minimum atomic E-state index is -4.25. The van der Waals surface area contributed by atoms with Gasteiger partial charge < -0.3 is 9.05 Å². The maximum atomic E-state index is 15.6. The lowest BCUT2D eigenvalue weighted by atomic mass is 9.89. The number of carbonyl (C=O) groups is 1. The molecule has 1 aromatic carbocycles. The molecule has 0 saturated carbocycles. The molecule has 1 unspecified atom stereocenters. The normalized spacial score (nSPS) is 22.2. The number of carbonyl (C=O) groups excluding carboxylic acids is 1. The number of hydrogen-bond donors (Lipinski definition) is 0. The van der Waals surface area contributed by atoms with Crippen molar-refractivity contribution in [2.24, 2.45) is 0 Å². The Hall–Kier alpha value is -1.03. The van der Waals surface area contributed by atoms with Gasteiger partial charge in [0.15, 0.2) is 0 Å². The maximum absolute atomic E-state index is 15.6. The highest BCUT2D eigenvalue weighted by atomic mass is 31.2. The van der Waals surface area contributed by atoms with Crippen LogP contribution in [0.1, 0.15) is 50.0 Å². The van der Waals surface area contributed by atoms with Crippen LogP contribution < -0.4 is 0 Å². The average molecular weight is 328 g/mol. The van der Waals surface area contributed by atoms with Gasteiger partial charge in [-0.3, -0.25) is 9.36 Å². The van der Waals surface area contributed by atoms with Crippen molar-refractivity contribution in [3.8, 4) is 0 Å². The number of alkyl halides is 1. The first-order chi connectivity index (χ1) is 10.2. The number of Topliss-reactive ketones (excluding diaryl/α,β-unsaturated/α-hetero) is 1. The van der Waals surface area contributed by atoms with Crippen LogP contribution in [0.5, 0.6) is 0 Å². The molecule has 0 spiro atoms. The SMILES string of the molecule is CC(C)OP(=O)(OC(C)C)C1(F)CCc2ccccc2C1=O. The quantitative estimate of drug-likeness (QED) is 0.746. The fourth-order valence-electron chi connectivity index (χ4n) is 2.59. The third-order valence-corrected chi connectivity index (χ3v) is 6.16. The highest BCUT2D eigenvalue weighted by molar-refractivity contribution is 7.56. The maximum Gasteiger partial charge on any atom is 0.376 e. The molecule has 0 bridgehead atoms. The van der Waals surface area contributed by atoms with Gasteiger partial charge in [0.05, 0.1) is 12.2 Å². The highest BCUT2D eigenvalue weighted by Crippen LogP contribution is 2.66. The van der Waals surface area contributed by atoms with Crippen LogP contribution in [0, 0.1) is 0 Å². The lowest BCUT2D eigenvalue weighted by Crippen LogP contribution is -2.40. The van der Waals surface area contributed by atoms with Crippen LogP contribution in [0.4, 0.5) is 4.39 Å². The Balaban J connectivity index is 2.47. The van der Waals surface area contributed by atoms with Crippen LogP contribution in [-0.2, 0) is 20.0 Å². The molecule has 0 radical (unpaired) electrons. The molecule has 0 saturated heterocycles. The lowest BCUT2D eigenvalue weighted by Gasteiger charge is -2.36. The third kappa shape index (κ3) is 3.03. The summed E-state index contributed by atoms with van der Waals surface area (Å²) in [5.41, 5.74) is 1.03. The molecule has 0 N–H and O–H groups in total. The van der Waals surface area contributed by atoms with Gasteiger partial charge in [0, 0.05) is 12.0 Å². The van der Waals surface area contributed by atoms with Gasteiger partial charge in [0.25, 0.3) is 5.41 Å². The van der Waals surface area contributed by atoms with Crippen molar-refractivity contribution in [1.82, 2.24) is 0 Å². The van der Waals surface area contributed by atoms with Crippen molar-refractivity contribution < 1.29 is 22.8 Å². The van der Waals surface area contributed by atoms with E-state index >= 15 is 4.39 Å². The van der Waals surface area contributed by atoms with Crippen LogP contribution in [0.15, 0.2) is 24.3 Å². The first kappa shape index (κ1) is 17.3. The molecule has 2 rings (SSSR count). The first-order valence-electron chi connectivity index (χ1n) is 7.48. The van der Waals surface area contributed by atoms with Gasteiger partial charge in [-0.15, -0.1) is 0 Å². The molecule has 6 heteroatoms. The summed E-state index contributed by atoms with van der Waals surface area (Å²) in [5, 5.41) is -2.63. The Morgan fingerprint density at radius 1 is 1.14 bits per heavy atom. The second-order valence-electron chi connectivity index (χ2n) is 6.05. The largest absolute Gasteiger partial charge is 0.376 e. The van der Waals surface area contributed by atoms with Gasteiger partial charge in [-0.05, 0) is 39.7 Å². The summed E-state index contributed by atoms with van der Waals surface area (Å²) in [6.45, 7) is 6.56. The van der Waals surface area contributed by atoms with Crippen molar-refractivity contribution in [2.75, 3.05) is 0 Å². The molecule has 4 nitrogen and oxygen atoms in total. The van der Waals surface area contributed by atoms with Gasteiger partial charge >= 0.3 is 7.60 Å². The van der Waals surface area contributed by atoms with E-state index in [0.717, 1.165) is 5.56 Å². The molecule has 0 aliphatic heterocycles. The Bertz CT molecular complexity index is 600. The zero-order valence-corrected chi connectivity index (χ0v) is 14.2. The van der Waals surface area contributed by atoms with Crippen LogP contribution in [0.2, 0.25) is 0 Å². The predicted octanol–water partition coefficient (Wildman–Crippen LogP) is 4.52. The van der Waals surface area contributed by atoms with Gasteiger partial charge in [0.1, 0.15) is 0 Å². The first-order valence-corrected chi connectivity index (χ1v) is 9.02. The zero-order valence-electron chi connectivity index (χ0n) is 13.3. The predicted molar refractivity (Wildman–Crippen MR) is 83.0 cm³/mol. The van der Waals surface area contributed by atoms with Gasteiger partial charge in [-0.2, -0.15) is 0 Å². The second kappa shape index (κ2) is 6.23. The lowest BCUT2D eigenvalue weighted by molar-refractivity contribution is 0.0616. The minimum absolute atomic E-state index is 0.195. The summed E-state index contributed by atoms with van der Waals surface area (Å²) >= 11 is 0.